The van der Waals surface area contributed by atoms with E-state index >= 15 is 0 Å². The van der Waals surface area contributed by atoms with Gasteiger partial charge in [0.15, 0.2) is 0 Å². The van der Waals surface area contributed by atoms with Gasteiger partial charge < -0.3 is 10.2 Å². The SMILES string of the molecule is CCC(N)C(c1ccco1)N(Cc1cccs1)C1CC1. The first-order valence-electron chi connectivity index (χ1n) is 7.36. The molecule has 4 heteroatoms. The minimum Gasteiger partial charge on any atom is -0.468 e. The lowest BCUT2D eigenvalue weighted by atomic mass is 10.0. The van der Waals surface area contributed by atoms with E-state index in [1.54, 1.807) is 6.26 Å². The third kappa shape index (κ3) is 2.97. The van der Waals surface area contributed by atoms with E-state index in [4.69, 9.17) is 10.2 Å². The second kappa shape index (κ2) is 6.12. The number of hydrogen-bond acceptors (Lipinski definition) is 4. The van der Waals surface area contributed by atoms with Crippen LogP contribution in [0.25, 0.3) is 0 Å². The van der Waals surface area contributed by atoms with Crippen molar-refractivity contribution in [3.05, 3.63) is 46.5 Å². The van der Waals surface area contributed by atoms with Gasteiger partial charge in [-0.1, -0.05) is 13.0 Å². The van der Waals surface area contributed by atoms with Gasteiger partial charge in [0.2, 0.25) is 0 Å². The van der Waals surface area contributed by atoms with Gasteiger partial charge in [0.25, 0.3) is 0 Å². The molecule has 0 amide bonds. The van der Waals surface area contributed by atoms with Crippen molar-refractivity contribution in [1.82, 2.24) is 4.90 Å². The fourth-order valence-electron chi connectivity index (χ4n) is 2.75. The molecule has 0 spiro atoms. The molecule has 1 aliphatic rings. The third-order valence-electron chi connectivity index (χ3n) is 4.00. The summed E-state index contributed by atoms with van der Waals surface area (Å²) in [6.07, 6.45) is 5.26. The molecule has 3 rings (SSSR count). The van der Waals surface area contributed by atoms with Gasteiger partial charge in [0.05, 0.1) is 12.3 Å². The molecule has 1 saturated carbocycles. The smallest absolute Gasteiger partial charge is 0.122 e. The van der Waals surface area contributed by atoms with Crippen LogP contribution in [0.1, 0.15) is 42.9 Å². The Labute approximate surface area is 124 Å². The normalized spacial score (nSPS) is 18.4. The molecule has 0 bridgehead atoms. The van der Waals surface area contributed by atoms with E-state index < -0.39 is 0 Å². The maximum Gasteiger partial charge on any atom is 0.122 e. The van der Waals surface area contributed by atoms with Gasteiger partial charge in [-0.05, 0) is 42.8 Å². The molecule has 0 aromatic carbocycles. The van der Waals surface area contributed by atoms with Gasteiger partial charge in [-0.3, -0.25) is 4.90 Å². The zero-order valence-electron chi connectivity index (χ0n) is 11.9. The Balaban J connectivity index is 1.85. The summed E-state index contributed by atoms with van der Waals surface area (Å²) in [5, 5.41) is 2.14. The summed E-state index contributed by atoms with van der Waals surface area (Å²) in [5.74, 6) is 1.00. The standard InChI is InChI=1S/C16H22N2OS/c1-2-14(17)16(15-6-3-9-19-15)18(12-7-8-12)11-13-5-4-10-20-13/h3-6,9-10,12,14,16H,2,7-8,11,17H2,1H3. The summed E-state index contributed by atoms with van der Waals surface area (Å²) < 4.78 is 5.68. The monoisotopic (exact) mass is 290 g/mol. The first kappa shape index (κ1) is 13.9. The maximum absolute atomic E-state index is 6.41. The molecule has 0 radical (unpaired) electrons. The van der Waals surface area contributed by atoms with Gasteiger partial charge in [0, 0.05) is 23.5 Å². The van der Waals surface area contributed by atoms with Gasteiger partial charge >= 0.3 is 0 Å². The number of rotatable bonds is 7. The van der Waals surface area contributed by atoms with Crippen LogP contribution >= 0.6 is 11.3 Å². The highest BCUT2D eigenvalue weighted by atomic mass is 32.1. The lowest BCUT2D eigenvalue weighted by molar-refractivity contribution is 0.132. The van der Waals surface area contributed by atoms with E-state index in [-0.39, 0.29) is 12.1 Å². The van der Waals surface area contributed by atoms with Crippen molar-refractivity contribution < 1.29 is 4.42 Å². The molecule has 1 aliphatic carbocycles. The van der Waals surface area contributed by atoms with Crippen molar-refractivity contribution in [1.29, 1.82) is 0 Å². The zero-order valence-corrected chi connectivity index (χ0v) is 12.7. The fourth-order valence-corrected chi connectivity index (χ4v) is 3.46. The highest BCUT2D eigenvalue weighted by Gasteiger charge is 2.38. The van der Waals surface area contributed by atoms with Crippen molar-refractivity contribution >= 4 is 11.3 Å². The summed E-state index contributed by atoms with van der Waals surface area (Å²) in [6, 6.07) is 9.30. The number of nitrogens with two attached hydrogens (primary N) is 1. The van der Waals surface area contributed by atoms with E-state index in [9.17, 15) is 0 Å². The van der Waals surface area contributed by atoms with E-state index in [1.807, 2.05) is 17.4 Å². The van der Waals surface area contributed by atoms with Crippen molar-refractivity contribution in [2.24, 2.45) is 5.73 Å². The molecule has 1 fully saturated rings. The Kier molecular flexibility index (Phi) is 4.24. The second-order valence-corrected chi connectivity index (χ2v) is 6.55. The Morgan fingerprint density at radius 1 is 1.40 bits per heavy atom. The minimum atomic E-state index is 0.113. The van der Waals surface area contributed by atoms with Crippen LogP contribution in [0.3, 0.4) is 0 Å². The van der Waals surface area contributed by atoms with Crippen LogP contribution in [0, 0.1) is 0 Å². The molecule has 0 aliphatic heterocycles. The van der Waals surface area contributed by atoms with Crippen LogP contribution in [0.15, 0.2) is 40.3 Å². The molecule has 0 saturated heterocycles. The first-order chi connectivity index (χ1) is 9.79. The van der Waals surface area contributed by atoms with Crippen LogP contribution in [-0.4, -0.2) is 17.0 Å². The molecule has 2 aromatic rings. The van der Waals surface area contributed by atoms with Crippen LogP contribution in [0.2, 0.25) is 0 Å². The molecule has 20 heavy (non-hydrogen) atoms. The Hall–Kier alpha value is -1.10. The van der Waals surface area contributed by atoms with E-state index in [0.717, 1.165) is 18.7 Å². The molecule has 108 valence electrons. The average molecular weight is 290 g/mol. The van der Waals surface area contributed by atoms with Gasteiger partial charge in [-0.25, -0.2) is 0 Å². The summed E-state index contributed by atoms with van der Waals surface area (Å²) in [5.41, 5.74) is 6.41. The number of nitrogens with zero attached hydrogens (tertiary/aromatic N) is 1. The van der Waals surface area contributed by atoms with Gasteiger partial charge in [-0.2, -0.15) is 0 Å². The van der Waals surface area contributed by atoms with E-state index in [0.29, 0.717) is 6.04 Å². The second-order valence-electron chi connectivity index (χ2n) is 5.52. The van der Waals surface area contributed by atoms with Crippen LogP contribution < -0.4 is 5.73 Å². The van der Waals surface area contributed by atoms with Crippen LogP contribution in [0.4, 0.5) is 0 Å². The number of thiophene rings is 1. The topological polar surface area (TPSA) is 42.4 Å². The third-order valence-corrected chi connectivity index (χ3v) is 4.86. The fraction of sp³-hybridized carbons (Fsp3) is 0.500. The molecular formula is C16H22N2OS. The van der Waals surface area contributed by atoms with E-state index in [2.05, 4.69) is 35.4 Å². The lowest BCUT2D eigenvalue weighted by Crippen LogP contribution is -2.41. The molecule has 2 N–H and O–H groups in total. The molecule has 2 heterocycles. The van der Waals surface area contributed by atoms with E-state index in [1.165, 1.54) is 17.7 Å². The summed E-state index contributed by atoms with van der Waals surface area (Å²) >= 11 is 1.82. The minimum absolute atomic E-state index is 0.113. The molecule has 3 nitrogen and oxygen atoms in total. The van der Waals surface area contributed by atoms with Crippen LogP contribution in [0.5, 0.6) is 0 Å². The summed E-state index contributed by atoms with van der Waals surface area (Å²) in [7, 11) is 0. The first-order valence-corrected chi connectivity index (χ1v) is 8.24. The molecular weight excluding hydrogens is 268 g/mol. The average Bonchev–Trinajstić information content (AvgIpc) is 2.94. The Bertz CT molecular complexity index is 505. The van der Waals surface area contributed by atoms with Gasteiger partial charge in [-0.15, -0.1) is 11.3 Å². The number of furan rings is 1. The quantitative estimate of drug-likeness (QED) is 0.843. The lowest BCUT2D eigenvalue weighted by Gasteiger charge is -2.33. The molecule has 2 unspecified atom stereocenters. The largest absolute Gasteiger partial charge is 0.468 e. The summed E-state index contributed by atoms with van der Waals surface area (Å²) in [6.45, 7) is 3.12. The highest BCUT2D eigenvalue weighted by molar-refractivity contribution is 7.09. The van der Waals surface area contributed by atoms with Crippen molar-refractivity contribution in [3.8, 4) is 0 Å². The molecule has 2 aromatic heterocycles. The van der Waals surface area contributed by atoms with Crippen LogP contribution in [-0.2, 0) is 6.54 Å². The van der Waals surface area contributed by atoms with Crippen molar-refractivity contribution in [2.75, 3.05) is 0 Å². The highest BCUT2D eigenvalue weighted by Crippen LogP contribution is 2.38. The van der Waals surface area contributed by atoms with Gasteiger partial charge in [0.1, 0.15) is 5.76 Å². The maximum atomic E-state index is 6.41. The Morgan fingerprint density at radius 2 is 2.25 bits per heavy atom. The zero-order chi connectivity index (χ0) is 13.9. The predicted molar refractivity (Wildman–Crippen MR) is 82.6 cm³/mol. The predicted octanol–water partition coefficient (Wildman–Crippen LogP) is 3.78. The summed E-state index contributed by atoms with van der Waals surface area (Å²) in [4.78, 5) is 3.94. The van der Waals surface area contributed by atoms with Crippen molar-refractivity contribution in [3.63, 3.8) is 0 Å². The number of hydrogen-bond donors (Lipinski definition) is 1. The Morgan fingerprint density at radius 3 is 2.80 bits per heavy atom. The van der Waals surface area contributed by atoms with Crippen molar-refractivity contribution in [2.45, 2.75) is 50.9 Å². The molecule has 2 atom stereocenters.